The molecule has 22 heavy (non-hydrogen) atoms. The number of nitrogens with two attached hydrogens (primary N) is 1. The number of carbonyl (C=O) groups is 1. The van der Waals surface area contributed by atoms with E-state index in [1.54, 1.807) is 25.1 Å². The van der Waals surface area contributed by atoms with Gasteiger partial charge in [0.25, 0.3) is 5.91 Å². The zero-order valence-electron chi connectivity index (χ0n) is 11.8. The van der Waals surface area contributed by atoms with Crippen LogP contribution in [-0.2, 0) is 6.18 Å². The molecule has 1 heterocycles. The van der Waals surface area contributed by atoms with Crippen LogP contribution in [0.1, 0.15) is 23.0 Å². The summed E-state index contributed by atoms with van der Waals surface area (Å²) >= 11 is 0. The molecule has 0 unspecified atom stereocenters. The van der Waals surface area contributed by atoms with E-state index in [9.17, 15) is 18.0 Å². The van der Waals surface area contributed by atoms with Crippen molar-refractivity contribution >= 4 is 5.91 Å². The molecule has 0 fully saturated rings. The second kappa shape index (κ2) is 6.18. The SMILES string of the molecule is C[C@@H](CN)NC(=O)c1cccc(-n2ccc(C(F)(F)F)n2)c1. The van der Waals surface area contributed by atoms with Gasteiger partial charge in [0.05, 0.1) is 5.69 Å². The molecule has 2 aromatic rings. The van der Waals surface area contributed by atoms with Crippen LogP contribution in [0.15, 0.2) is 36.5 Å². The fraction of sp³-hybridized carbons (Fsp3) is 0.286. The number of carbonyl (C=O) groups excluding carboxylic acids is 1. The average molecular weight is 312 g/mol. The third-order valence-electron chi connectivity index (χ3n) is 2.98. The molecule has 8 heteroatoms. The van der Waals surface area contributed by atoms with Crippen LogP contribution in [0.4, 0.5) is 13.2 Å². The van der Waals surface area contributed by atoms with Gasteiger partial charge in [0.2, 0.25) is 0 Å². The molecule has 5 nitrogen and oxygen atoms in total. The summed E-state index contributed by atoms with van der Waals surface area (Å²) in [4.78, 5) is 12.0. The Morgan fingerprint density at radius 3 is 2.73 bits per heavy atom. The van der Waals surface area contributed by atoms with Crippen molar-refractivity contribution in [2.75, 3.05) is 6.54 Å². The number of hydrogen-bond donors (Lipinski definition) is 2. The van der Waals surface area contributed by atoms with Crippen molar-refractivity contribution in [3.8, 4) is 5.69 Å². The minimum Gasteiger partial charge on any atom is -0.348 e. The van der Waals surface area contributed by atoms with Crippen LogP contribution in [0.2, 0.25) is 0 Å². The van der Waals surface area contributed by atoms with Crippen molar-refractivity contribution < 1.29 is 18.0 Å². The van der Waals surface area contributed by atoms with Crippen molar-refractivity contribution in [1.82, 2.24) is 15.1 Å². The fourth-order valence-electron chi connectivity index (χ4n) is 1.77. The predicted octanol–water partition coefficient (Wildman–Crippen LogP) is 1.97. The number of hydrogen-bond acceptors (Lipinski definition) is 3. The lowest BCUT2D eigenvalue weighted by molar-refractivity contribution is -0.141. The molecule has 0 spiro atoms. The van der Waals surface area contributed by atoms with Crippen molar-refractivity contribution in [3.63, 3.8) is 0 Å². The van der Waals surface area contributed by atoms with E-state index in [-0.39, 0.29) is 11.9 Å². The number of nitrogens with one attached hydrogen (secondary N) is 1. The normalized spacial score (nSPS) is 13.0. The van der Waals surface area contributed by atoms with Gasteiger partial charge >= 0.3 is 6.18 Å². The zero-order valence-corrected chi connectivity index (χ0v) is 11.8. The second-order valence-corrected chi connectivity index (χ2v) is 4.80. The van der Waals surface area contributed by atoms with Crippen molar-refractivity contribution in [3.05, 3.63) is 47.8 Å². The van der Waals surface area contributed by atoms with E-state index in [2.05, 4.69) is 10.4 Å². The summed E-state index contributed by atoms with van der Waals surface area (Å²) in [5.41, 5.74) is 5.13. The maximum Gasteiger partial charge on any atom is 0.435 e. The lowest BCUT2D eigenvalue weighted by Gasteiger charge is -2.12. The fourth-order valence-corrected chi connectivity index (χ4v) is 1.77. The zero-order chi connectivity index (χ0) is 16.3. The van der Waals surface area contributed by atoms with Crippen LogP contribution in [0.3, 0.4) is 0 Å². The Morgan fingerprint density at radius 1 is 1.41 bits per heavy atom. The Hall–Kier alpha value is -2.35. The molecule has 0 saturated carbocycles. The van der Waals surface area contributed by atoms with E-state index in [4.69, 9.17) is 5.73 Å². The summed E-state index contributed by atoms with van der Waals surface area (Å²) in [6, 6.07) is 6.85. The van der Waals surface area contributed by atoms with Crippen LogP contribution in [-0.4, -0.2) is 28.3 Å². The first-order chi connectivity index (χ1) is 10.3. The molecule has 0 radical (unpaired) electrons. The smallest absolute Gasteiger partial charge is 0.348 e. The van der Waals surface area contributed by atoms with Crippen LogP contribution in [0.25, 0.3) is 5.69 Å². The Balaban J connectivity index is 2.25. The molecule has 0 aliphatic carbocycles. The van der Waals surface area contributed by atoms with Gasteiger partial charge in [-0.2, -0.15) is 18.3 Å². The number of benzene rings is 1. The van der Waals surface area contributed by atoms with E-state index < -0.39 is 11.9 Å². The monoisotopic (exact) mass is 312 g/mol. The Labute approximate surface area is 124 Å². The average Bonchev–Trinajstić information content (AvgIpc) is 2.97. The van der Waals surface area contributed by atoms with Gasteiger partial charge in [0, 0.05) is 24.3 Å². The molecule has 1 aromatic carbocycles. The molecule has 3 N–H and O–H groups in total. The standard InChI is InChI=1S/C14H15F3N4O/c1-9(8-18)19-13(22)10-3-2-4-11(7-10)21-6-5-12(20-21)14(15,16)17/h2-7,9H,8,18H2,1H3,(H,19,22)/t9-/m0/s1. The highest BCUT2D eigenvalue weighted by Crippen LogP contribution is 2.27. The molecule has 0 saturated heterocycles. The van der Waals surface area contributed by atoms with Gasteiger partial charge in [0.1, 0.15) is 0 Å². The molecular formula is C14H15F3N4O. The number of rotatable bonds is 4. The lowest BCUT2D eigenvalue weighted by Crippen LogP contribution is -2.37. The predicted molar refractivity (Wildman–Crippen MR) is 74.5 cm³/mol. The lowest BCUT2D eigenvalue weighted by atomic mass is 10.1. The minimum atomic E-state index is -4.50. The summed E-state index contributed by atoms with van der Waals surface area (Å²) in [6.45, 7) is 2.05. The minimum absolute atomic E-state index is 0.197. The van der Waals surface area contributed by atoms with Crippen LogP contribution in [0, 0.1) is 0 Å². The molecule has 0 aliphatic heterocycles. The van der Waals surface area contributed by atoms with Gasteiger partial charge in [-0.1, -0.05) is 6.07 Å². The molecule has 1 atom stereocenters. The van der Waals surface area contributed by atoms with Crippen molar-refractivity contribution in [2.24, 2.45) is 5.73 Å². The number of alkyl halides is 3. The van der Waals surface area contributed by atoms with E-state index in [1.165, 1.54) is 12.3 Å². The van der Waals surface area contributed by atoms with Gasteiger partial charge in [0.15, 0.2) is 5.69 Å². The number of amides is 1. The number of nitrogens with zero attached hydrogens (tertiary/aromatic N) is 2. The van der Waals surface area contributed by atoms with Gasteiger partial charge in [-0.15, -0.1) is 0 Å². The van der Waals surface area contributed by atoms with Crippen LogP contribution in [0.5, 0.6) is 0 Å². The highest BCUT2D eigenvalue weighted by molar-refractivity contribution is 5.94. The summed E-state index contributed by atoms with van der Waals surface area (Å²) < 4.78 is 38.7. The highest BCUT2D eigenvalue weighted by Gasteiger charge is 2.33. The third kappa shape index (κ3) is 3.64. The number of halogens is 3. The third-order valence-corrected chi connectivity index (χ3v) is 2.98. The molecule has 118 valence electrons. The van der Waals surface area contributed by atoms with Crippen molar-refractivity contribution in [1.29, 1.82) is 0 Å². The van der Waals surface area contributed by atoms with Gasteiger partial charge in [-0.05, 0) is 31.2 Å². The Bertz CT molecular complexity index is 666. The van der Waals surface area contributed by atoms with E-state index in [1.807, 2.05) is 0 Å². The molecular weight excluding hydrogens is 297 g/mol. The first-order valence-electron chi connectivity index (χ1n) is 6.55. The van der Waals surface area contributed by atoms with E-state index in [0.29, 0.717) is 17.8 Å². The summed E-state index contributed by atoms with van der Waals surface area (Å²) in [6.07, 6.45) is -3.31. The summed E-state index contributed by atoms with van der Waals surface area (Å²) in [5, 5.41) is 6.15. The Kier molecular flexibility index (Phi) is 4.51. The van der Waals surface area contributed by atoms with E-state index >= 15 is 0 Å². The van der Waals surface area contributed by atoms with Crippen LogP contribution >= 0.6 is 0 Å². The quantitative estimate of drug-likeness (QED) is 0.906. The molecule has 1 aromatic heterocycles. The topological polar surface area (TPSA) is 72.9 Å². The molecule has 1 amide bonds. The Morgan fingerprint density at radius 2 is 2.14 bits per heavy atom. The van der Waals surface area contributed by atoms with E-state index in [0.717, 1.165) is 10.7 Å². The van der Waals surface area contributed by atoms with Gasteiger partial charge < -0.3 is 11.1 Å². The maximum atomic E-state index is 12.6. The van der Waals surface area contributed by atoms with Gasteiger partial charge in [-0.25, -0.2) is 4.68 Å². The highest BCUT2D eigenvalue weighted by atomic mass is 19.4. The molecule has 0 bridgehead atoms. The second-order valence-electron chi connectivity index (χ2n) is 4.80. The molecule has 2 rings (SSSR count). The molecule has 0 aliphatic rings. The van der Waals surface area contributed by atoms with Crippen molar-refractivity contribution in [2.45, 2.75) is 19.1 Å². The summed E-state index contributed by atoms with van der Waals surface area (Å²) in [7, 11) is 0. The van der Waals surface area contributed by atoms with Gasteiger partial charge in [-0.3, -0.25) is 4.79 Å². The first kappa shape index (κ1) is 16.0. The van der Waals surface area contributed by atoms with Crippen LogP contribution < -0.4 is 11.1 Å². The summed E-state index contributed by atoms with van der Waals surface area (Å²) in [5.74, 6) is -0.344. The number of aromatic nitrogens is 2. The largest absolute Gasteiger partial charge is 0.435 e. The first-order valence-corrected chi connectivity index (χ1v) is 6.55. The maximum absolute atomic E-state index is 12.6.